The highest BCUT2D eigenvalue weighted by molar-refractivity contribution is 5.88. The van der Waals surface area contributed by atoms with Gasteiger partial charge in [0.1, 0.15) is 0 Å². The Bertz CT molecular complexity index is 262. The summed E-state index contributed by atoms with van der Waals surface area (Å²) in [5.41, 5.74) is -0.202. The first-order valence-corrected chi connectivity index (χ1v) is 6.21. The van der Waals surface area contributed by atoms with Gasteiger partial charge in [-0.3, -0.25) is 10.1 Å². The summed E-state index contributed by atoms with van der Waals surface area (Å²) in [5, 5.41) is 3.41. The first kappa shape index (κ1) is 11.9. The molecule has 1 amide bonds. The molecule has 1 saturated heterocycles. The summed E-state index contributed by atoms with van der Waals surface area (Å²) in [6.07, 6.45) is 4.39. The molecule has 1 aliphatic carbocycles. The second kappa shape index (κ2) is 4.72. The summed E-state index contributed by atoms with van der Waals surface area (Å²) >= 11 is 0. The van der Waals surface area contributed by atoms with Crippen LogP contribution >= 0.6 is 0 Å². The zero-order valence-electron chi connectivity index (χ0n) is 10.3. The molecule has 16 heavy (non-hydrogen) atoms. The lowest BCUT2D eigenvalue weighted by Gasteiger charge is -2.23. The van der Waals surface area contributed by atoms with Crippen molar-refractivity contribution in [1.82, 2.24) is 10.2 Å². The van der Waals surface area contributed by atoms with Gasteiger partial charge in [0.15, 0.2) is 0 Å². The van der Waals surface area contributed by atoms with Crippen LogP contribution in [0.3, 0.4) is 0 Å². The molecule has 2 fully saturated rings. The van der Waals surface area contributed by atoms with E-state index in [1.54, 1.807) is 7.11 Å². The fourth-order valence-electron chi connectivity index (χ4n) is 2.93. The van der Waals surface area contributed by atoms with Crippen molar-refractivity contribution in [3.63, 3.8) is 0 Å². The third-order valence-electron chi connectivity index (χ3n) is 3.75. The maximum Gasteiger partial charge on any atom is 0.243 e. The van der Waals surface area contributed by atoms with E-state index in [9.17, 15) is 4.79 Å². The van der Waals surface area contributed by atoms with Crippen LogP contribution in [0.1, 0.15) is 32.6 Å². The number of nitrogens with zero attached hydrogens (tertiary/aromatic N) is 1. The number of rotatable bonds is 4. The molecule has 0 radical (unpaired) electrons. The van der Waals surface area contributed by atoms with Crippen LogP contribution in [0.25, 0.3) is 0 Å². The Morgan fingerprint density at radius 1 is 1.50 bits per heavy atom. The topological polar surface area (TPSA) is 41.6 Å². The van der Waals surface area contributed by atoms with Crippen molar-refractivity contribution in [1.29, 1.82) is 0 Å². The molecule has 1 N–H and O–H groups in total. The molecule has 1 atom stereocenters. The number of hydrogen-bond donors (Lipinski definition) is 1. The molecule has 0 aromatic rings. The summed E-state index contributed by atoms with van der Waals surface area (Å²) < 4.78 is 5.11. The van der Waals surface area contributed by atoms with Gasteiger partial charge in [-0.25, -0.2) is 0 Å². The summed E-state index contributed by atoms with van der Waals surface area (Å²) in [6.45, 7) is 4.36. The molecule has 4 nitrogen and oxygen atoms in total. The van der Waals surface area contributed by atoms with E-state index < -0.39 is 0 Å². The maximum absolute atomic E-state index is 12.3. The smallest absolute Gasteiger partial charge is 0.243 e. The van der Waals surface area contributed by atoms with Crippen LogP contribution in [0.4, 0.5) is 0 Å². The van der Waals surface area contributed by atoms with E-state index in [1.165, 1.54) is 12.8 Å². The quantitative estimate of drug-likeness (QED) is 0.776. The highest BCUT2D eigenvalue weighted by Gasteiger charge is 2.47. The highest BCUT2D eigenvalue weighted by Crippen LogP contribution is 2.34. The molecule has 0 aromatic heterocycles. The molecule has 2 rings (SSSR count). The molecule has 1 unspecified atom stereocenters. The Labute approximate surface area is 97.3 Å². The van der Waals surface area contributed by atoms with E-state index >= 15 is 0 Å². The van der Waals surface area contributed by atoms with Gasteiger partial charge in [-0.05, 0) is 18.8 Å². The first-order valence-electron chi connectivity index (χ1n) is 6.21. The van der Waals surface area contributed by atoms with Crippen molar-refractivity contribution in [2.45, 2.75) is 38.1 Å². The maximum atomic E-state index is 12.3. The molecule has 92 valence electrons. The molecule has 1 heterocycles. The number of methoxy groups -OCH3 is 1. The molecule has 4 heteroatoms. The fourth-order valence-corrected chi connectivity index (χ4v) is 2.93. The second-order valence-electron chi connectivity index (χ2n) is 5.21. The van der Waals surface area contributed by atoms with Gasteiger partial charge in [-0.1, -0.05) is 19.8 Å². The number of nitrogens with one attached hydrogen (secondary N) is 1. The van der Waals surface area contributed by atoms with Crippen molar-refractivity contribution in [2.75, 3.05) is 26.9 Å². The van der Waals surface area contributed by atoms with Gasteiger partial charge < -0.3 is 9.64 Å². The van der Waals surface area contributed by atoms with E-state index in [2.05, 4.69) is 12.2 Å². The zero-order valence-corrected chi connectivity index (χ0v) is 10.3. The van der Waals surface area contributed by atoms with Crippen molar-refractivity contribution < 1.29 is 9.53 Å². The molecule has 1 spiro atoms. The van der Waals surface area contributed by atoms with Gasteiger partial charge in [-0.15, -0.1) is 0 Å². The van der Waals surface area contributed by atoms with Gasteiger partial charge >= 0.3 is 0 Å². The third kappa shape index (κ3) is 2.09. The number of carbonyl (C=O) groups excluding carboxylic acids is 1. The largest absolute Gasteiger partial charge is 0.384 e. The lowest BCUT2D eigenvalue weighted by molar-refractivity contribution is -0.132. The Kier molecular flexibility index (Phi) is 3.50. The van der Waals surface area contributed by atoms with E-state index in [-0.39, 0.29) is 5.54 Å². The fraction of sp³-hybridized carbons (Fsp3) is 0.917. The minimum Gasteiger partial charge on any atom is -0.384 e. The van der Waals surface area contributed by atoms with Crippen LogP contribution < -0.4 is 5.32 Å². The molecular weight excluding hydrogens is 204 g/mol. The Morgan fingerprint density at radius 3 is 2.81 bits per heavy atom. The molecule has 0 bridgehead atoms. The van der Waals surface area contributed by atoms with Gasteiger partial charge in [-0.2, -0.15) is 0 Å². The predicted octanol–water partition coefficient (Wildman–Crippen LogP) is 0.971. The lowest BCUT2D eigenvalue weighted by atomic mass is 9.98. The number of carbonyl (C=O) groups is 1. The zero-order chi connectivity index (χ0) is 11.6. The normalized spacial score (nSPS) is 25.6. The summed E-state index contributed by atoms with van der Waals surface area (Å²) in [7, 11) is 1.71. The van der Waals surface area contributed by atoms with Gasteiger partial charge in [0.25, 0.3) is 0 Å². The number of amides is 1. The molecule has 1 aliphatic heterocycles. The van der Waals surface area contributed by atoms with Crippen molar-refractivity contribution >= 4 is 5.91 Å². The Morgan fingerprint density at radius 2 is 2.19 bits per heavy atom. The third-order valence-corrected chi connectivity index (χ3v) is 3.75. The summed E-state index contributed by atoms with van der Waals surface area (Å²) in [5.74, 6) is 0.722. The standard InChI is InChI=1S/C12H22N2O2/c1-10(8-16-2)7-14-9-13-12(11(14)15)5-3-4-6-12/h10,13H,3-9H2,1-2H3. The second-order valence-corrected chi connectivity index (χ2v) is 5.21. The van der Waals surface area contributed by atoms with Gasteiger partial charge in [0.05, 0.1) is 18.8 Å². The Hall–Kier alpha value is -0.610. The van der Waals surface area contributed by atoms with Crippen molar-refractivity contribution in [2.24, 2.45) is 5.92 Å². The lowest BCUT2D eigenvalue weighted by Crippen LogP contribution is -2.44. The average molecular weight is 226 g/mol. The van der Waals surface area contributed by atoms with Crippen LogP contribution in [-0.2, 0) is 9.53 Å². The average Bonchev–Trinajstić information content (AvgIpc) is 2.83. The molecule has 2 aliphatic rings. The SMILES string of the molecule is COCC(C)CN1CNC2(CCCC2)C1=O. The summed E-state index contributed by atoms with van der Waals surface area (Å²) in [4.78, 5) is 14.2. The van der Waals surface area contributed by atoms with Crippen LogP contribution in [-0.4, -0.2) is 43.3 Å². The van der Waals surface area contributed by atoms with Crippen LogP contribution in [0.15, 0.2) is 0 Å². The van der Waals surface area contributed by atoms with Crippen LogP contribution in [0.2, 0.25) is 0 Å². The highest BCUT2D eigenvalue weighted by atomic mass is 16.5. The van der Waals surface area contributed by atoms with E-state index in [0.717, 1.165) is 26.0 Å². The van der Waals surface area contributed by atoms with Gasteiger partial charge in [0.2, 0.25) is 5.91 Å². The van der Waals surface area contributed by atoms with E-state index in [4.69, 9.17) is 4.74 Å². The minimum absolute atomic E-state index is 0.202. The number of hydrogen-bond acceptors (Lipinski definition) is 3. The van der Waals surface area contributed by atoms with Gasteiger partial charge in [0, 0.05) is 13.7 Å². The predicted molar refractivity (Wildman–Crippen MR) is 62.0 cm³/mol. The van der Waals surface area contributed by atoms with Crippen molar-refractivity contribution in [3.8, 4) is 0 Å². The van der Waals surface area contributed by atoms with Crippen LogP contribution in [0, 0.1) is 5.92 Å². The Balaban J connectivity index is 1.91. The first-order chi connectivity index (χ1) is 7.68. The van der Waals surface area contributed by atoms with E-state index in [0.29, 0.717) is 18.5 Å². The monoisotopic (exact) mass is 226 g/mol. The minimum atomic E-state index is -0.202. The molecule has 0 aromatic carbocycles. The van der Waals surface area contributed by atoms with E-state index in [1.807, 2.05) is 4.90 Å². The van der Waals surface area contributed by atoms with Crippen molar-refractivity contribution in [3.05, 3.63) is 0 Å². The van der Waals surface area contributed by atoms with Crippen LogP contribution in [0.5, 0.6) is 0 Å². The number of ether oxygens (including phenoxy) is 1. The molecular formula is C12H22N2O2. The summed E-state index contributed by atoms with van der Waals surface area (Å²) in [6, 6.07) is 0. The molecule has 1 saturated carbocycles.